The molecule has 1 atom stereocenters. The van der Waals surface area contributed by atoms with E-state index in [0.29, 0.717) is 0 Å². The Hall–Kier alpha value is -1.40. The van der Waals surface area contributed by atoms with E-state index in [1.807, 2.05) is 48.5 Å². The van der Waals surface area contributed by atoms with Crippen molar-refractivity contribution in [3.63, 3.8) is 0 Å². The van der Waals surface area contributed by atoms with E-state index in [2.05, 4.69) is 13.2 Å². The first-order chi connectivity index (χ1) is 11.1. The van der Waals surface area contributed by atoms with Gasteiger partial charge in [0.15, 0.2) is 0 Å². The number of aliphatic hydroxyl groups is 1. The summed E-state index contributed by atoms with van der Waals surface area (Å²) >= 11 is 4.17. The first kappa shape index (κ1) is 17.9. The Labute approximate surface area is 149 Å². The van der Waals surface area contributed by atoms with Crippen LogP contribution in [0.15, 0.2) is 93.4 Å². The summed E-state index contributed by atoms with van der Waals surface area (Å²) in [6, 6.07) is 15.8. The van der Waals surface area contributed by atoms with Crippen molar-refractivity contribution in [2.45, 2.75) is 25.0 Å². The van der Waals surface area contributed by atoms with Crippen molar-refractivity contribution in [1.82, 2.24) is 0 Å². The second kappa shape index (κ2) is 9.03. The Morgan fingerprint density at radius 2 is 1.39 bits per heavy atom. The lowest BCUT2D eigenvalue weighted by molar-refractivity contribution is -0.107. The van der Waals surface area contributed by atoms with Crippen LogP contribution in [0.2, 0.25) is 0 Å². The first-order valence-corrected chi connectivity index (χ1v) is 9.31. The third kappa shape index (κ3) is 5.95. The fraction of sp³-hybridized carbons (Fsp3) is 0.0556. The molecular weight excluding hydrogens is 344 g/mol. The smallest absolute Gasteiger partial charge is 0.216 e. The van der Waals surface area contributed by atoms with E-state index >= 15 is 0 Å². The van der Waals surface area contributed by atoms with Crippen molar-refractivity contribution in [3.05, 3.63) is 73.8 Å². The van der Waals surface area contributed by atoms with E-state index in [4.69, 9.17) is 0 Å². The third-order valence-corrected chi connectivity index (χ3v) is 5.60. The molecule has 0 saturated carbocycles. The average molecular weight is 361 g/mol. The lowest BCUT2D eigenvalue weighted by Crippen LogP contribution is -1.92. The predicted octanol–water partition coefficient (Wildman–Crippen LogP) is 5.24. The maximum atomic E-state index is 11.3. The number of carbonyl (C=O) groups excluding carboxylic acids is 1. The molecule has 0 fully saturated rings. The van der Waals surface area contributed by atoms with Crippen LogP contribution in [0.1, 0.15) is 0 Å². The molecule has 2 rings (SSSR count). The summed E-state index contributed by atoms with van der Waals surface area (Å²) in [4.78, 5) is 15.4. The number of aliphatic hydroxyl groups excluding tert-OH is 1. The maximum Gasteiger partial charge on any atom is 0.216 e. The van der Waals surface area contributed by atoms with Crippen molar-refractivity contribution in [2.24, 2.45) is 0 Å². The molecule has 1 unspecified atom stereocenters. The number of hydrogen-bond acceptors (Lipinski definition) is 5. The number of rotatable bonds is 7. The predicted molar refractivity (Wildman–Crippen MR) is 100 cm³/mol. The summed E-state index contributed by atoms with van der Waals surface area (Å²) in [6.45, 7) is 7.02. The van der Waals surface area contributed by atoms with E-state index < -0.39 is 5.44 Å². The number of thioether (sulfide) groups is 2. The summed E-state index contributed by atoms with van der Waals surface area (Å²) in [5, 5.41) is 9.47. The Kier molecular flexibility index (Phi) is 7.05. The van der Waals surface area contributed by atoms with Gasteiger partial charge in [-0.1, -0.05) is 42.8 Å². The average Bonchev–Trinajstić information content (AvgIpc) is 2.58. The molecule has 0 bridgehead atoms. The summed E-state index contributed by atoms with van der Waals surface area (Å²) in [7, 11) is 0. The van der Waals surface area contributed by atoms with E-state index in [9.17, 15) is 9.90 Å². The minimum absolute atomic E-state index is 0.0554. The Morgan fingerprint density at radius 1 is 0.913 bits per heavy atom. The normalized spacial score (nSPS) is 11.7. The van der Waals surface area contributed by atoms with Gasteiger partial charge in [-0.2, -0.15) is 0 Å². The van der Waals surface area contributed by atoms with Gasteiger partial charge in [-0.05, 0) is 66.4 Å². The molecule has 2 nitrogen and oxygen atoms in total. The van der Waals surface area contributed by atoms with Gasteiger partial charge in [-0.25, -0.2) is 0 Å². The fourth-order valence-corrected chi connectivity index (χ4v) is 3.72. The van der Waals surface area contributed by atoms with E-state index in [0.717, 1.165) is 19.6 Å². The summed E-state index contributed by atoms with van der Waals surface area (Å²) in [5.74, 6) is 0. The molecule has 5 heteroatoms. The van der Waals surface area contributed by atoms with Crippen molar-refractivity contribution in [1.29, 1.82) is 0 Å². The number of carbonyl (C=O) groups is 1. The van der Waals surface area contributed by atoms with Crippen LogP contribution in [-0.2, 0) is 4.79 Å². The highest BCUT2D eigenvalue weighted by molar-refractivity contribution is 8.14. The van der Waals surface area contributed by atoms with Crippen LogP contribution in [0.4, 0.5) is 0 Å². The highest BCUT2D eigenvalue weighted by Gasteiger charge is 2.04. The molecular formula is C18H16O2S3. The maximum absolute atomic E-state index is 11.3. The summed E-state index contributed by atoms with van der Waals surface area (Å²) in [5.41, 5.74) is -0.586. The number of benzene rings is 2. The molecule has 23 heavy (non-hydrogen) atoms. The largest absolute Gasteiger partial charge is 0.378 e. The van der Waals surface area contributed by atoms with Gasteiger partial charge in [-0.3, -0.25) is 4.79 Å². The van der Waals surface area contributed by atoms with Gasteiger partial charge in [0.1, 0.15) is 5.44 Å². The molecule has 1 N–H and O–H groups in total. The molecule has 0 aliphatic heterocycles. The van der Waals surface area contributed by atoms with Gasteiger partial charge in [0, 0.05) is 19.6 Å². The summed E-state index contributed by atoms with van der Waals surface area (Å²) in [6.07, 6.45) is 2.82. The Morgan fingerprint density at radius 3 is 1.87 bits per heavy atom. The molecule has 2 aromatic rings. The molecule has 0 amide bonds. The van der Waals surface area contributed by atoms with Gasteiger partial charge >= 0.3 is 0 Å². The van der Waals surface area contributed by atoms with Crippen molar-refractivity contribution in [3.8, 4) is 0 Å². The van der Waals surface area contributed by atoms with Crippen molar-refractivity contribution < 1.29 is 9.90 Å². The standard InChI is InChI=1S/C18H16O2S3/c1-3-17(19)22-15-9-5-13(6-10-15)21-14-7-11-16(12-8-14)23-18(20)4-2/h3-12,17,19H,1-2H2. The Balaban J connectivity index is 1.97. The highest BCUT2D eigenvalue weighted by Crippen LogP contribution is 2.31. The lowest BCUT2D eigenvalue weighted by atomic mass is 10.4. The van der Waals surface area contributed by atoms with E-state index in [1.165, 1.54) is 35.7 Å². The molecule has 0 aliphatic rings. The minimum atomic E-state index is -0.586. The van der Waals surface area contributed by atoms with Crippen molar-refractivity contribution >= 4 is 40.4 Å². The molecule has 0 radical (unpaired) electrons. The molecule has 2 aromatic carbocycles. The first-order valence-electron chi connectivity index (χ1n) is 6.80. The zero-order chi connectivity index (χ0) is 16.7. The minimum Gasteiger partial charge on any atom is -0.378 e. The van der Waals surface area contributed by atoms with Gasteiger partial charge in [-0.15, -0.1) is 0 Å². The molecule has 118 valence electrons. The lowest BCUT2D eigenvalue weighted by Gasteiger charge is -2.07. The highest BCUT2D eigenvalue weighted by atomic mass is 32.2. The Bertz CT molecular complexity index is 678. The second-order valence-electron chi connectivity index (χ2n) is 4.41. The third-order valence-electron chi connectivity index (χ3n) is 2.73. The van der Waals surface area contributed by atoms with Crippen LogP contribution in [0, 0.1) is 0 Å². The van der Waals surface area contributed by atoms with Gasteiger partial charge in [0.05, 0.1) is 0 Å². The quantitative estimate of drug-likeness (QED) is 0.316. The molecule has 0 aliphatic carbocycles. The molecule has 0 heterocycles. The molecule has 0 spiro atoms. The van der Waals surface area contributed by atoms with Crippen LogP contribution in [0.3, 0.4) is 0 Å². The van der Waals surface area contributed by atoms with Crippen molar-refractivity contribution in [2.75, 3.05) is 0 Å². The van der Waals surface area contributed by atoms with Crippen LogP contribution in [0.5, 0.6) is 0 Å². The molecule has 0 saturated heterocycles. The zero-order valence-electron chi connectivity index (χ0n) is 12.3. The fourth-order valence-electron chi connectivity index (χ4n) is 1.64. The van der Waals surface area contributed by atoms with Crippen LogP contribution in [-0.4, -0.2) is 15.7 Å². The second-order valence-corrected chi connectivity index (χ2v) is 7.83. The van der Waals surface area contributed by atoms with Crippen LogP contribution in [0.25, 0.3) is 0 Å². The van der Waals surface area contributed by atoms with Crippen LogP contribution < -0.4 is 0 Å². The van der Waals surface area contributed by atoms with Gasteiger partial charge < -0.3 is 5.11 Å². The summed E-state index contributed by atoms with van der Waals surface area (Å²) < 4.78 is 0. The van der Waals surface area contributed by atoms with Crippen LogP contribution >= 0.6 is 35.3 Å². The monoisotopic (exact) mass is 360 g/mol. The molecule has 0 aromatic heterocycles. The van der Waals surface area contributed by atoms with E-state index in [1.54, 1.807) is 11.8 Å². The number of hydrogen-bond donors (Lipinski definition) is 1. The van der Waals surface area contributed by atoms with E-state index in [-0.39, 0.29) is 5.12 Å². The topological polar surface area (TPSA) is 37.3 Å². The SMILES string of the molecule is C=CC(=O)Sc1ccc(Sc2ccc(SC(O)C=C)cc2)cc1. The van der Waals surface area contributed by atoms with Gasteiger partial charge in [0.2, 0.25) is 5.12 Å². The van der Waals surface area contributed by atoms with Gasteiger partial charge in [0.25, 0.3) is 0 Å². The zero-order valence-corrected chi connectivity index (χ0v) is 14.8.